The van der Waals surface area contributed by atoms with Crippen LogP contribution in [0, 0.1) is 0 Å². The number of sulfonamides is 1. The van der Waals surface area contributed by atoms with E-state index in [9.17, 15) is 18.0 Å². The van der Waals surface area contributed by atoms with Gasteiger partial charge in [-0.15, -0.1) is 0 Å². The van der Waals surface area contributed by atoms with Gasteiger partial charge in [0.15, 0.2) is 0 Å². The highest BCUT2D eigenvalue weighted by atomic mass is 32.2. The minimum absolute atomic E-state index is 0.121. The standard InChI is InChI=1S/C22H29N3O4S/c1-3-25(4-2)30(28,29)20-13-10-18(11-14-20)12-15-21(26)23-16-17-24-22(27)19-8-6-5-7-9-19/h5-11,13-14H,3-4,12,15-17H2,1-2H3,(H,23,26)(H,24,27). The van der Waals surface area contributed by atoms with Crippen LogP contribution in [-0.2, 0) is 21.2 Å². The van der Waals surface area contributed by atoms with Gasteiger partial charge in [-0.2, -0.15) is 4.31 Å². The predicted molar refractivity (Wildman–Crippen MR) is 117 cm³/mol. The maximum Gasteiger partial charge on any atom is 0.251 e. The monoisotopic (exact) mass is 431 g/mol. The normalized spacial score (nSPS) is 11.3. The molecule has 0 aliphatic heterocycles. The Hall–Kier alpha value is -2.71. The number of carbonyl (C=O) groups excluding carboxylic acids is 2. The van der Waals surface area contributed by atoms with Crippen molar-refractivity contribution in [2.75, 3.05) is 26.2 Å². The van der Waals surface area contributed by atoms with E-state index in [-0.39, 0.29) is 23.1 Å². The van der Waals surface area contributed by atoms with Crippen LogP contribution in [-0.4, -0.2) is 50.7 Å². The van der Waals surface area contributed by atoms with E-state index in [2.05, 4.69) is 10.6 Å². The number of aryl methyl sites for hydroxylation is 1. The Morgan fingerprint density at radius 1 is 0.867 bits per heavy atom. The molecule has 0 saturated heterocycles. The summed E-state index contributed by atoms with van der Waals surface area (Å²) in [7, 11) is -3.47. The lowest BCUT2D eigenvalue weighted by Crippen LogP contribution is -2.34. The summed E-state index contributed by atoms with van der Waals surface area (Å²) in [6, 6.07) is 15.5. The summed E-state index contributed by atoms with van der Waals surface area (Å²) >= 11 is 0. The molecule has 0 aliphatic rings. The molecule has 0 radical (unpaired) electrons. The van der Waals surface area contributed by atoms with Crippen LogP contribution in [0.2, 0.25) is 0 Å². The van der Waals surface area contributed by atoms with Crippen molar-refractivity contribution in [3.05, 3.63) is 65.7 Å². The number of carbonyl (C=O) groups is 2. The van der Waals surface area contributed by atoms with E-state index in [1.807, 2.05) is 6.07 Å². The van der Waals surface area contributed by atoms with Gasteiger partial charge in [-0.05, 0) is 36.2 Å². The summed E-state index contributed by atoms with van der Waals surface area (Å²) in [4.78, 5) is 24.2. The van der Waals surface area contributed by atoms with E-state index in [0.717, 1.165) is 5.56 Å². The highest BCUT2D eigenvalue weighted by Crippen LogP contribution is 2.16. The second kappa shape index (κ2) is 11.5. The molecule has 0 spiro atoms. The lowest BCUT2D eigenvalue weighted by molar-refractivity contribution is -0.121. The van der Waals surface area contributed by atoms with Gasteiger partial charge in [-0.25, -0.2) is 8.42 Å². The highest BCUT2D eigenvalue weighted by Gasteiger charge is 2.21. The molecule has 0 atom stereocenters. The number of amides is 2. The fraction of sp³-hybridized carbons (Fsp3) is 0.364. The van der Waals surface area contributed by atoms with Crippen molar-refractivity contribution in [3.63, 3.8) is 0 Å². The molecular weight excluding hydrogens is 402 g/mol. The molecule has 30 heavy (non-hydrogen) atoms. The van der Waals surface area contributed by atoms with Crippen LogP contribution in [0.25, 0.3) is 0 Å². The van der Waals surface area contributed by atoms with Crippen molar-refractivity contribution in [1.82, 2.24) is 14.9 Å². The van der Waals surface area contributed by atoms with Crippen LogP contribution in [0.1, 0.15) is 36.2 Å². The molecule has 0 heterocycles. The van der Waals surface area contributed by atoms with Crippen LogP contribution in [0.15, 0.2) is 59.5 Å². The van der Waals surface area contributed by atoms with Crippen LogP contribution in [0.3, 0.4) is 0 Å². The molecule has 2 aromatic carbocycles. The number of rotatable bonds is 11. The molecule has 0 fully saturated rings. The molecule has 2 aromatic rings. The van der Waals surface area contributed by atoms with Gasteiger partial charge in [0.25, 0.3) is 5.91 Å². The van der Waals surface area contributed by atoms with Gasteiger partial charge >= 0.3 is 0 Å². The van der Waals surface area contributed by atoms with Crippen molar-refractivity contribution >= 4 is 21.8 Å². The summed E-state index contributed by atoms with van der Waals surface area (Å²) in [6.07, 6.45) is 0.794. The van der Waals surface area contributed by atoms with Crippen LogP contribution >= 0.6 is 0 Å². The minimum atomic E-state index is -3.47. The Morgan fingerprint density at radius 2 is 1.47 bits per heavy atom. The van der Waals surface area contributed by atoms with Crippen LogP contribution < -0.4 is 10.6 Å². The first-order valence-electron chi connectivity index (χ1n) is 10.1. The Bertz CT molecular complexity index is 925. The fourth-order valence-electron chi connectivity index (χ4n) is 2.96. The zero-order chi connectivity index (χ0) is 22.0. The topological polar surface area (TPSA) is 95.6 Å². The second-order valence-electron chi connectivity index (χ2n) is 6.71. The molecule has 162 valence electrons. The minimum Gasteiger partial charge on any atom is -0.354 e. The van der Waals surface area contributed by atoms with Gasteiger partial charge in [0.05, 0.1) is 4.90 Å². The maximum atomic E-state index is 12.5. The van der Waals surface area contributed by atoms with Crippen molar-refractivity contribution in [2.24, 2.45) is 0 Å². The van der Waals surface area contributed by atoms with Gasteiger partial charge in [-0.3, -0.25) is 9.59 Å². The van der Waals surface area contributed by atoms with Crippen molar-refractivity contribution < 1.29 is 18.0 Å². The Labute approximate surface area is 178 Å². The number of hydrogen-bond acceptors (Lipinski definition) is 4. The van der Waals surface area contributed by atoms with E-state index in [4.69, 9.17) is 0 Å². The summed E-state index contributed by atoms with van der Waals surface area (Å²) < 4.78 is 26.4. The second-order valence-corrected chi connectivity index (χ2v) is 8.64. The SMILES string of the molecule is CCN(CC)S(=O)(=O)c1ccc(CCC(=O)NCCNC(=O)c2ccccc2)cc1. The van der Waals surface area contributed by atoms with Crippen molar-refractivity contribution in [3.8, 4) is 0 Å². The molecule has 0 aliphatic carbocycles. The number of benzene rings is 2. The largest absolute Gasteiger partial charge is 0.354 e. The quantitative estimate of drug-likeness (QED) is 0.533. The summed E-state index contributed by atoms with van der Waals surface area (Å²) in [6.45, 7) is 5.15. The third kappa shape index (κ3) is 6.67. The number of nitrogens with zero attached hydrogens (tertiary/aromatic N) is 1. The van der Waals surface area contributed by atoms with Crippen molar-refractivity contribution in [2.45, 2.75) is 31.6 Å². The van der Waals surface area contributed by atoms with Crippen molar-refractivity contribution in [1.29, 1.82) is 0 Å². The molecule has 0 bridgehead atoms. The van der Waals surface area contributed by atoms with E-state index in [1.165, 1.54) is 4.31 Å². The van der Waals surface area contributed by atoms with Gasteiger partial charge < -0.3 is 10.6 Å². The average Bonchev–Trinajstić information content (AvgIpc) is 2.76. The molecule has 7 nitrogen and oxygen atoms in total. The maximum absolute atomic E-state index is 12.5. The van der Waals surface area contributed by atoms with E-state index >= 15 is 0 Å². The summed E-state index contributed by atoms with van der Waals surface area (Å²) in [5, 5.41) is 5.52. The first-order chi connectivity index (χ1) is 14.4. The van der Waals surface area contributed by atoms with E-state index in [0.29, 0.717) is 38.2 Å². The van der Waals surface area contributed by atoms with Gasteiger partial charge in [-0.1, -0.05) is 44.2 Å². The zero-order valence-corrected chi connectivity index (χ0v) is 18.2. The molecule has 2 rings (SSSR count). The summed E-state index contributed by atoms with van der Waals surface area (Å²) in [5.74, 6) is -0.298. The highest BCUT2D eigenvalue weighted by molar-refractivity contribution is 7.89. The van der Waals surface area contributed by atoms with E-state index in [1.54, 1.807) is 62.4 Å². The lowest BCUT2D eigenvalue weighted by Gasteiger charge is -2.18. The molecule has 0 aromatic heterocycles. The number of nitrogens with one attached hydrogen (secondary N) is 2. The molecule has 0 saturated carbocycles. The first kappa shape index (κ1) is 23.6. The Kier molecular flexibility index (Phi) is 9.01. The van der Waals surface area contributed by atoms with Crippen LogP contribution in [0.5, 0.6) is 0 Å². The predicted octanol–water partition coefficient (Wildman–Crippen LogP) is 2.20. The Morgan fingerprint density at radius 3 is 2.07 bits per heavy atom. The lowest BCUT2D eigenvalue weighted by atomic mass is 10.1. The van der Waals surface area contributed by atoms with Gasteiger partial charge in [0.2, 0.25) is 15.9 Å². The van der Waals surface area contributed by atoms with Gasteiger partial charge in [0.1, 0.15) is 0 Å². The molecule has 8 heteroatoms. The Balaban J connectivity index is 1.74. The third-order valence-corrected chi connectivity index (χ3v) is 6.74. The molecular formula is C22H29N3O4S. The first-order valence-corrected chi connectivity index (χ1v) is 11.5. The molecule has 2 amide bonds. The molecule has 2 N–H and O–H groups in total. The third-order valence-electron chi connectivity index (χ3n) is 4.68. The van der Waals surface area contributed by atoms with Crippen LogP contribution in [0.4, 0.5) is 0 Å². The van der Waals surface area contributed by atoms with E-state index < -0.39 is 10.0 Å². The fourth-order valence-corrected chi connectivity index (χ4v) is 4.41. The molecule has 0 unspecified atom stereocenters. The summed E-state index contributed by atoms with van der Waals surface area (Å²) in [5.41, 5.74) is 1.47. The van der Waals surface area contributed by atoms with Gasteiger partial charge in [0, 0.05) is 38.2 Å². The average molecular weight is 432 g/mol. The smallest absolute Gasteiger partial charge is 0.251 e. The number of hydrogen-bond donors (Lipinski definition) is 2. The zero-order valence-electron chi connectivity index (χ0n) is 17.4.